The van der Waals surface area contributed by atoms with Crippen LogP contribution in [0.4, 0.5) is 15.8 Å². The van der Waals surface area contributed by atoms with Crippen LogP contribution in [0.1, 0.15) is 20.3 Å². The van der Waals surface area contributed by atoms with Gasteiger partial charge in [0.1, 0.15) is 5.82 Å². The van der Waals surface area contributed by atoms with Crippen molar-refractivity contribution in [2.45, 2.75) is 26.3 Å². The van der Waals surface area contributed by atoms with E-state index in [4.69, 9.17) is 5.73 Å². The molecule has 0 amide bonds. The van der Waals surface area contributed by atoms with Gasteiger partial charge in [0, 0.05) is 6.04 Å². The smallest absolute Gasteiger partial charge is 0.125 e. The van der Waals surface area contributed by atoms with Gasteiger partial charge >= 0.3 is 0 Å². The Kier molecular flexibility index (Phi) is 4.55. The molecule has 4 N–H and O–H groups in total. The van der Waals surface area contributed by atoms with Crippen molar-refractivity contribution in [2.75, 3.05) is 17.7 Å². The predicted molar refractivity (Wildman–Crippen MR) is 64.8 cm³/mol. The lowest BCUT2D eigenvalue weighted by Crippen LogP contribution is -2.26. The number of anilines is 2. The molecule has 0 aliphatic rings. The number of nitrogens with two attached hydrogens (primary N) is 1. The molecule has 0 fully saturated rings. The number of hydrogen-bond donors (Lipinski definition) is 3. The molecule has 16 heavy (non-hydrogen) atoms. The summed E-state index contributed by atoms with van der Waals surface area (Å²) in [7, 11) is 0. The molecule has 0 bridgehead atoms. The van der Waals surface area contributed by atoms with Gasteiger partial charge in [-0.3, -0.25) is 0 Å². The summed E-state index contributed by atoms with van der Waals surface area (Å²) in [6, 6.07) is 4.16. The third-order valence-corrected chi connectivity index (χ3v) is 2.35. The van der Waals surface area contributed by atoms with Crippen molar-refractivity contribution >= 4 is 11.4 Å². The van der Waals surface area contributed by atoms with E-state index in [1.54, 1.807) is 6.07 Å². The summed E-state index contributed by atoms with van der Waals surface area (Å²) in [5.41, 5.74) is 6.70. The zero-order chi connectivity index (χ0) is 12.1. The summed E-state index contributed by atoms with van der Waals surface area (Å²) in [6.07, 6.45) is 0.841. The molecule has 0 aliphatic heterocycles. The molecule has 1 unspecified atom stereocenters. The second-order valence-corrected chi connectivity index (χ2v) is 4.38. The van der Waals surface area contributed by atoms with Crippen LogP contribution in [0.5, 0.6) is 0 Å². The van der Waals surface area contributed by atoms with Crippen LogP contribution in [0.3, 0.4) is 0 Å². The highest BCUT2D eigenvalue weighted by atomic mass is 19.1. The van der Waals surface area contributed by atoms with Crippen LogP contribution in [-0.2, 0) is 0 Å². The SMILES string of the molecule is CC(C)CC(CO)Nc1ccc(F)cc1N. The molecule has 0 aliphatic carbocycles. The largest absolute Gasteiger partial charge is 0.397 e. The maximum absolute atomic E-state index is 12.8. The fraction of sp³-hybridized carbons (Fsp3) is 0.500. The number of nitrogens with one attached hydrogen (secondary N) is 1. The van der Waals surface area contributed by atoms with E-state index in [1.165, 1.54) is 12.1 Å². The summed E-state index contributed by atoms with van der Waals surface area (Å²) >= 11 is 0. The van der Waals surface area contributed by atoms with Crippen molar-refractivity contribution < 1.29 is 9.50 Å². The first-order chi connectivity index (χ1) is 7.52. The highest BCUT2D eigenvalue weighted by molar-refractivity contribution is 5.66. The normalized spacial score (nSPS) is 12.8. The first kappa shape index (κ1) is 12.8. The second-order valence-electron chi connectivity index (χ2n) is 4.38. The third-order valence-electron chi connectivity index (χ3n) is 2.35. The topological polar surface area (TPSA) is 58.3 Å². The number of nitrogen functional groups attached to an aromatic ring is 1. The van der Waals surface area contributed by atoms with Gasteiger partial charge in [0.2, 0.25) is 0 Å². The van der Waals surface area contributed by atoms with Gasteiger partial charge in [0.15, 0.2) is 0 Å². The first-order valence-electron chi connectivity index (χ1n) is 5.45. The van der Waals surface area contributed by atoms with Crippen molar-refractivity contribution in [3.63, 3.8) is 0 Å². The number of benzene rings is 1. The average Bonchev–Trinajstić information content (AvgIpc) is 2.20. The van der Waals surface area contributed by atoms with Crippen molar-refractivity contribution in [2.24, 2.45) is 5.92 Å². The minimum Gasteiger partial charge on any atom is -0.397 e. The Morgan fingerprint density at radius 2 is 2.12 bits per heavy atom. The van der Waals surface area contributed by atoms with Gasteiger partial charge in [0.25, 0.3) is 0 Å². The van der Waals surface area contributed by atoms with Crippen LogP contribution in [0.15, 0.2) is 18.2 Å². The van der Waals surface area contributed by atoms with Crippen molar-refractivity contribution in [3.8, 4) is 0 Å². The van der Waals surface area contributed by atoms with Gasteiger partial charge in [-0.05, 0) is 30.5 Å². The van der Waals surface area contributed by atoms with Gasteiger partial charge in [-0.25, -0.2) is 4.39 Å². The zero-order valence-corrected chi connectivity index (χ0v) is 9.70. The standard InChI is InChI=1S/C12H19FN2O/c1-8(2)5-10(7-16)15-12-4-3-9(13)6-11(12)14/h3-4,6,8,10,15-16H,5,7,14H2,1-2H3. The van der Waals surface area contributed by atoms with Crippen LogP contribution in [0.2, 0.25) is 0 Å². The summed E-state index contributed by atoms with van der Waals surface area (Å²) < 4.78 is 12.8. The lowest BCUT2D eigenvalue weighted by atomic mass is 10.0. The molecule has 0 radical (unpaired) electrons. The second kappa shape index (κ2) is 5.70. The summed E-state index contributed by atoms with van der Waals surface area (Å²) in [5, 5.41) is 12.3. The molecule has 1 rings (SSSR count). The van der Waals surface area contributed by atoms with Crippen LogP contribution in [0, 0.1) is 11.7 Å². The Bertz CT molecular complexity index is 342. The van der Waals surface area contributed by atoms with E-state index >= 15 is 0 Å². The lowest BCUT2D eigenvalue weighted by Gasteiger charge is -2.20. The van der Waals surface area contributed by atoms with Crippen molar-refractivity contribution in [1.29, 1.82) is 0 Å². The van der Waals surface area contributed by atoms with E-state index in [-0.39, 0.29) is 18.5 Å². The molecule has 1 aromatic carbocycles. The van der Waals surface area contributed by atoms with Crippen molar-refractivity contribution in [1.82, 2.24) is 0 Å². The predicted octanol–water partition coefficient (Wildman–Crippen LogP) is 2.23. The molecule has 4 heteroatoms. The fourth-order valence-corrected chi connectivity index (χ4v) is 1.63. The molecule has 3 nitrogen and oxygen atoms in total. The molecule has 0 spiro atoms. The minimum absolute atomic E-state index is 0.0367. The third kappa shape index (κ3) is 3.70. The Labute approximate surface area is 95.5 Å². The van der Waals surface area contributed by atoms with E-state index in [0.717, 1.165) is 6.42 Å². The van der Waals surface area contributed by atoms with Crippen LogP contribution in [-0.4, -0.2) is 17.8 Å². The molecular weight excluding hydrogens is 207 g/mol. The molecule has 0 aromatic heterocycles. The quantitative estimate of drug-likeness (QED) is 0.675. The van der Waals surface area contributed by atoms with Gasteiger partial charge in [-0.15, -0.1) is 0 Å². The number of aliphatic hydroxyl groups is 1. The molecular formula is C12H19FN2O. The summed E-state index contributed by atoms with van der Waals surface area (Å²) in [6.45, 7) is 4.20. The molecule has 1 atom stereocenters. The Morgan fingerprint density at radius 3 is 2.62 bits per heavy atom. The van der Waals surface area contributed by atoms with Gasteiger partial charge in [0.05, 0.1) is 18.0 Å². The Balaban J connectivity index is 2.70. The van der Waals surface area contributed by atoms with Crippen molar-refractivity contribution in [3.05, 3.63) is 24.0 Å². The number of aliphatic hydroxyl groups excluding tert-OH is 1. The molecule has 90 valence electrons. The van der Waals surface area contributed by atoms with E-state index in [0.29, 0.717) is 17.3 Å². The van der Waals surface area contributed by atoms with E-state index in [9.17, 15) is 9.50 Å². The van der Waals surface area contributed by atoms with E-state index < -0.39 is 0 Å². The first-order valence-corrected chi connectivity index (χ1v) is 5.45. The molecule has 1 aromatic rings. The lowest BCUT2D eigenvalue weighted by molar-refractivity contribution is 0.259. The minimum atomic E-state index is -0.354. The maximum atomic E-state index is 12.8. The number of rotatable bonds is 5. The number of halogens is 1. The molecule has 0 saturated heterocycles. The monoisotopic (exact) mass is 226 g/mol. The van der Waals surface area contributed by atoms with Crippen LogP contribution in [0.25, 0.3) is 0 Å². The summed E-state index contributed by atoms with van der Waals surface area (Å²) in [4.78, 5) is 0. The highest BCUT2D eigenvalue weighted by Gasteiger charge is 2.11. The van der Waals surface area contributed by atoms with Crippen LogP contribution >= 0.6 is 0 Å². The molecule has 0 heterocycles. The van der Waals surface area contributed by atoms with Gasteiger partial charge < -0.3 is 16.2 Å². The van der Waals surface area contributed by atoms with Gasteiger partial charge in [-0.1, -0.05) is 13.8 Å². The maximum Gasteiger partial charge on any atom is 0.125 e. The van der Waals surface area contributed by atoms with Crippen LogP contribution < -0.4 is 11.1 Å². The fourth-order valence-electron chi connectivity index (χ4n) is 1.63. The van der Waals surface area contributed by atoms with E-state index in [2.05, 4.69) is 19.2 Å². The molecule has 0 saturated carbocycles. The Hall–Kier alpha value is -1.29. The zero-order valence-electron chi connectivity index (χ0n) is 9.70. The Morgan fingerprint density at radius 1 is 1.44 bits per heavy atom. The highest BCUT2D eigenvalue weighted by Crippen LogP contribution is 2.21. The van der Waals surface area contributed by atoms with E-state index in [1.807, 2.05) is 0 Å². The summed E-state index contributed by atoms with van der Waals surface area (Å²) in [5.74, 6) is 0.124. The van der Waals surface area contributed by atoms with Gasteiger partial charge in [-0.2, -0.15) is 0 Å². The number of hydrogen-bond acceptors (Lipinski definition) is 3. The average molecular weight is 226 g/mol.